The summed E-state index contributed by atoms with van der Waals surface area (Å²) in [7, 11) is 0. The van der Waals surface area contributed by atoms with Crippen molar-refractivity contribution in [1.82, 2.24) is 20.3 Å². The third-order valence-electron chi connectivity index (χ3n) is 3.84. The summed E-state index contributed by atoms with van der Waals surface area (Å²) in [6.45, 7) is 0. The fourth-order valence-electron chi connectivity index (χ4n) is 2.60. The van der Waals surface area contributed by atoms with Crippen molar-refractivity contribution in [2.24, 2.45) is 10.9 Å². The summed E-state index contributed by atoms with van der Waals surface area (Å²) in [4.78, 5) is 8.92. The summed E-state index contributed by atoms with van der Waals surface area (Å²) in [6.07, 6.45) is 0. The molecular formula is C17H10BrI2N7O2. The van der Waals surface area contributed by atoms with Crippen LogP contribution in [0.15, 0.2) is 50.6 Å². The van der Waals surface area contributed by atoms with Crippen LogP contribution in [0.5, 0.6) is 5.75 Å². The predicted octanol–water partition coefficient (Wildman–Crippen LogP) is 4.14. The fraction of sp³-hybridized carbons (Fsp3) is 0. The van der Waals surface area contributed by atoms with Crippen LogP contribution in [0.3, 0.4) is 0 Å². The van der Waals surface area contributed by atoms with E-state index in [9.17, 15) is 5.11 Å². The Labute approximate surface area is 199 Å². The van der Waals surface area contributed by atoms with Crippen LogP contribution in [0.2, 0.25) is 0 Å². The van der Waals surface area contributed by atoms with Gasteiger partial charge in [0, 0.05) is 19.3 Å². The van der Waals surface area contributed by atoms with E-state index in [1.165, 1.54) is 0 Å². The van der Waals surface area contributed by atoms with E-state index in [0.29, 0.717) is 20.6 Å². The van der Waals surface area contributed by atoms with E-state index in [1.807, 2.05) is 52.9 Å². The van der Waals surface area contributed by atoms with Crippen molar-refractivity contribution in [3.05, 3.63) is 59.3 Å². The van der Waals surface area contributed by atoms with Crippen molar-refractivity contribution in [3.8, 4) is 5.75 Å². The predicted molar refractivity (Wildman–Crippen MR) is 128 cm³/mol. The Morgan fingerprint density at radius 2 is 1.90 bits per heavy atom. The summed E-state index contributed by atoms with van der Waals surface area (Å²) >= 11 is 7.64. The lowest BCUT2D eigenvalue weighted by atomic mass is 10.1. The largest absolute Gasteiger partial charge is 0.506 e. The van der Waals surface area contributed by atoms with E-state index in [2.05, 4.69) is 69.2 Å². The van der Waals surface area contributed by atoms with Crippen LogP contribution in [0, 0.1) is 7.14 Å². The third-order valence-corrected chi connectivity index (χ3v) is 5.78. The molecular weight excluding hydrogens is 668 g/mol. The van der Waals surface area contributed by atoms with Gasteiger partial charge in [-0.2, -0.15) is 5.10 Å². The van der Waals surface area contributed by atoms with E-state index >= 15 is 0 Å². The molecule has 0 aliphatic rings. The molecule has 0 atom stereocenters. The molecule has 2 aromatic heterocycles. The summed E-state index contributed by atoms with van der Waals surface area (Å²) in [5, 5.41) is 25.2. The second kappa shape index (κ2) is 8.35. The number of nitrogens with one attached hydrogen (secondary N) is 1. The van der Waals surface area contributed by atoms with E-state index in [1.54, 1.807) is 6.07 Å². The Balaban J connectivity index is 1.91. The average molecular weight is 678 g/mol. The molecule has 2 aromatic carbocycles. The van der Waals surface area contributed by atoms with Crippen LogP contribution in [0.25, 0.3) is 11.3 Å². The molecule has 0 amide bonds. The number of nitrogens with zero attached hydrogens (tertiary/aromatic N) is 5. The Morgan fingerprint density at radius 1 is 1.14 bits per heavy atom. The first kappa shape index (κ1) is 20.2. The molecule has 0 radical (unpaired) electrons. The van der Waals surface area contributed by atoms with Crippen LogP contribution in [0.4, 0.5) is 11.5 Å². The zero-order chi connectivity index (χ0) is 20.5. The second-order valence-corrected chi connectivity index (χ2v) is 9.05. The molecule has 12 heteroatoms. The van der Waals surface area contributed by atoms with Crippen LogP contribution >= 0.6 is 61.1 Å². The van der Waals surface area contributed by atoms with Gasteiger partial charge in [0.1, 0.15) is 17.2 Å². The summed E-state index contributed by atoms with van der Waals surface area (Å²) in [5.74, 6) is 6.10. The minimum absolute atomic E-state index is 0.0452. The highest BCUT2D eigenvalue weighted by atomic mass is 127. The van der Waals surface area contributed by atoms with Crippen LogP contribution in [0.1, 0.15) is 11.3 Å². The molecule has 0 aliphatic heterocycles. The fourth-order valence-corrected chi connectivity index (χ4v) is 4.84. The first-order valence-corrected chi connectivity index (χ1v) is 10.9. The van der Waals surface area contributed by atoms with Crippen LogP contribution < -0.4 is 11.2 Å². The Bertz CT molecular complexity index is 1260. The van der Waals surface area contributed by atoms with Crippen molar-refractivity contribution in [3.63, 3.8) is 0 Å². The SMILES string of the molecule is NN=C(c1cc(I)cc(I)c1O)c1nc2nonc2nc1Nc1cccc(Br)c1. The molecule has 0 fully saturated rings. The molecule has 0 aliphatic carbocycles. The highest BCUT2D eigenvalue weighted by Crippen LogP contribution is 2.31. The smallest absolute Gasteiger partial charge is 0.245 e. The van der Waals surface area contributed by atoms with Gasteiger partial charge in [0.2, 0.25) is 11.3 Å². The first-order chi connectivity index (χ1) is 14.0. The molecule has 0 spiro atoms. The molecule has 146 valence electrons. The monoisotopic (exact) mass is 677 g/mol. The number of halogens is 3. The number of fused-ring (bicyclic) bond motifs is 1. The minimum Gasteiger partial charge on any atom is -0.506 e. The number of phenolic OH excluding ortho intramolecular Hbond substituents is 1. The molecule has 9 nitrogen and oxygen atoms in total. The van der Waals surface area contributed by atoms with Gasteiger partial charge in [-0.3, -0.25) is 0 Å². The highest BCUT2D eigenvalue weighted by Gasteiger charge is 2.23. The number of benzene rings is 2. The Hall–Kier alpha value is -2.07. The van der Waals surface area contributed by atoms with Crippen molar-refractivity contribution >= 4 is 89.6 Å². The van der Waals surface area contributed by atoms with E-state index in [0.717, 1.165) is 13.7 Å². The van der Waals surface area contributed by atoms with Gasteiger partial charge in [0.05, 0.1) is 3.57 Å². The molecule has 4 N–H and O–H groups in total. The number of hydrogen-bond acceptors (Lipinski definition) is 9. The lowest BCUT2D eigenvalue weighted by molar-refractivity contribution is 0.314. The lowest BCUT2D eigenvalue weighted by Crippen LogP contribution is -2.14. The van der Waals surface area contributed by atoms with Crippen molar-refractivity contribution < 1.29 is 9.74 Å². The third kappa shape index (κ3) is 4.13. The van der Waals surface area contributed by atoms with Crippen molar-refractivity contribution in [2.45, 2.75) is 0 Å². The molecule has 0 saturated carbocycles. The normalized spacial score (nSPS) is 11.8. The maximum Gasteiger partial charge on any atom is 0.245 e. The number of nitrogens with two attached hydrogens (primary N) is 1. The number of rotatable bonds is 4. The van der Waals surface area contributed by atoms with Crippen LogP contribution in [-0.2, 0) is 0 Å². The number of hydrazone groups is 1. The summed E-state index contributed by atoms with van der Waals surface area (Å²) < 4.78 is 7.19. The van der Waals surface area contributed by atoms with Gasteiger partial charge in [0.25, 0.3) is 0 Å². The van der Waals surface area contributed by atoms with Gasteiger partial charge in [-0.15, -0.1) is 0 Å². The average Bonchev–Trinajstić information content (AvgIpc) is 3.13. The standard InChI is InChI=1S/C17H10BrI2N7O2/c18-7-2-1-3-9(4-7)22-15-13(23-16-17(24-15)27-29-26-16)12(25-21)10-5-8(19)6-11(20)14(10)28/h1-6,28H,21H2,(H,22,24,27). The second-order valence-electron chi connectivity index (χ2n) is 5.73. The number of aromatic nitrogens is 4. The van der Waals surface area contributed by atoms with Gasteiger partial charge in [-0.1, -0.05) is 22.0 Å². The van der Waals surface area contributed by atoms with Gasteiger partial charge in [-0.25, -0.2) is 14.6 Å². The van der Waals surface area contributed by atoms with Gasteiger partial charge in [0.15, 0.2) is 5.82 Å². The summed E-state index contributed by atoms with van der Waals surface area (Å²) in [5.41, 5.74) is 2.14. The molecule has 4 aromatic rings. The molecule has 4 rings (SSSR count). The molecule has 0 bridgehead atoms. The molecule has 29 heavy (non-hydrogen) atoms. The summed E-state index contributed by atoms with van der Waals surface area (Å²) in [6, 6.07) is 11.1. The van der Waals surface area contributed by atoms with Gasteiger partial charge >= 0.3 is 0 Å². The maximum absolute atomic E-state index is 10.6. The number of anilines is 2. The zero-order valence-corrected chi connectivity index (χ0v) is 20.2. The quantitative estimate of drug-likeness (QED) is 0.127. The van der Waals surface area contributed by atoms with E-state index < -0.39 is 0 Å². The first-order valence-electron chi connectivity index (χ1n) is 7.96. The molecule has 2 heterocycles. The molecule has 0 unspecified atom stereocenters. The Kier molecular flexibility index (Phi) is 5.82. The van der Waals surface area contributed by atoms with Crippen molar-refractivity contribution in [1.29, 1.82) is 0 Å². The number of hydrogen-bond donors (Lipinski definition) is 3. The number of phenols is 1. The van der Waals surface area contributed by atoms with E-state index in [-0.39, 0.29) is 22.8 Å². The van der Waals surface area contributed by atoms with E-state index in [4.69, 9.17) is 10.5 Å². The topological polar surface area (TPSA) is 135 Å². The number of aromatic hydroxyl groups is 1. The van der Waals surface area contributed by atoms with Crippen LogP contribution in [-0.4, -0.2) is 31.1 Å². The van der Waals surface area contributed by atoms with Gasteiger partial charge < -0.3 is 16.3 Å². The van der Waals surface area contributed by atoms with Crippen molar-refractivity contribution in [2.75, 3.05) is 5.32 Å². The minimum atomic E-state index is 0.0452. The lowest BCUT2D eigenvalue weighted by Gasteiger charge is -2.13. The highest BCUT2D eigenvalue weighted by molar-refractivity contribution is 14.1. The molecule has 0 saturated heterocycles. The zero-order valence-electron chi connectivity index (χ0n) is 14.3. The van der Waals surface area contributed by atoms with Gasteiger partial charge in [-0.05, 0) is 85.8 Å². The maximum atomic E-state index is 10.6. The Morgan fingerprint density at radius 3 is 2.62 bits per heavy atom.